The zero-order chi connectivity index (χ0) is 14.9. The van der Waals surface area contributed by atoms with E-state index in [0.29, 0.717) is 24.7 Å². The number of amides is 2. The van der Waals surface area contributed by atoms with E-state index in [1.54, 1.807) is 11.8 Å². The van der Waals surface area contributed by atoms with Crippen LogP contribution >= 0.6 is 0 Å². The van der Waals surface area contributed by atoms with Crippen molar-refractivity contribution in [1.29, 1.82) is 0 Å². The Morgan fingerprint density at radius 2 is 2.10 bits per heavy atom. The highest BCUT2D eigenvalue weighted by molar-refractivity contribution is 5.95. The molecule has 1 saturated heterocycles. The Kier molecular flexibility index (Phi) is 3.78. The fraction of sp³-hybridized carbons (Fsp3) is 0.692. The number of aryl methyl sites for hydroxylation is 1. The number of carbonyl (C=O) groups is 2. The molecular weight excluding hydrogens is 260 g/mol. The minimum absolute atomic E-state index is 0.0617. The molecule has 1 unspecified atom stereocenters. The molecule has 0 aliphatic carbocycles. The van der Waals surface area contributed by atoms with Crippen molar-refractivity contribution < 1.29 is 14.1 Å². The number of hydrogen-bond acceptors (Lipinski definition) is 5. The second-order valence-electron chi connectivity index (χ2n) is 6.11. The van der Waals surface area contributed by atoms with Gasteiger partial charge >= 0.3 is 0 Å². The van der Waals surface area contributed by atoms with Crippen molar-refractivity contribution in [3.05, 3.63) is 11.7 Å². The van der Waals surface area contributed by atoms with E-state index in [9.17, 15) is 9.59 Å². The molecule has 7 heteroatoms. The third-order valence-electron chi connectivity index (χ3n) is 3.23. The highest BCUT2D eigenvalue weighted by atomic mass is 16.5. The normalized spacial score (nSPS) is 20.2. The van der Waals surface area contributed by atoms with E-state index >= 15 is 0 Å². The highest BCUT2D eigenvalue weighted by Gasteiger charge is 2.39. The highest BCUT2D eigenvalue weighted by Crippen LogP contribution is 2.23. The van der Waals surface area contributed by atoms with Crippen molar-refractivity contribution in [3.63, 3.8) is 0 Å². The monoisotopic (exact) mass is 280 g/mol. The van der Waals surface area contributed by atoms with Gasteiger partial charge in [0.05, 0.1) is 6.54 Å². The second kappa shape index (κ2) is 5.22. The van der Waals surface area contributed by atoms with Crippen LogP contribution in [0.4, 0.5) is 0 Å². The van der Waals surface area contributed by atoms with E-state index < -0.39 is 6.04 Å². The van der Waals surface area contributed by atoms with Crippen LogP contribution in [0, 0.1) is 12.3 Å². The topological polar surface area (TPSA) is 88.3 Å². The van der Waals surface area contributed by atoms with Crippen LogP contribution in [-0.2, 0) is 16.0 Å². The Balaban J connectivity index is 2.03. The van der Waals surface area contributed by atoms with Gasteiger partial charge in [-0.3, -0.25) is 9.59 Å². The molecule has 0 bridgehead atoms. The molecule has 20 heavy (non-hydrogen) atoms. The Labute approximate surface area is 117 Å². The van der Waals surface area contributed by atoms with Crippen LogP contribution < -0.4 is 5.32 Å². The molecule has 0 aromatic carbocycles. The molecule has 2 amide bonds. The maximum Gasteiger partial charge on any atom is 0.246 e. The fourth-order valence-corrected chi connectivity index (χ4v) is 2.15. The lowest BCUT2D eigenvalue weighted by atomic mass is 9.85. The van der Waals surface area contributed by atoms with Gasteiger partial charge in [-0.15, -0.1) is 0 Å². The van der Waals surface area contributed by atoms with E-state index in [2.05, 4.69) is 15.5 Å². The van der Waals surface area contributed by atoms with Crippen molar-refractivity contribution in [2.24, 2.45) is 5.41 Å². The molecule has 2 rings (SSSR count). The third-order valence-corrected chi connectivity index (χ3v) is 3.23. The summed E-state index contributed by atoms with van der Waals surface area (Å²) in [6.45, 7) is 8.02. The maximum absolute atomic E-state index is 12.4. The van der Waals surface area contributed by atoms with E-state index in [1.165, 1.54) is 0 Å². The first-order chi connectivity index (χ1) is 9.27. The summed E-state index contributed by atoms with van der Waals surface area (Å²) in [5, 5.41) is 6.46. The van der Waals surface area contributed by atoms with Crippen molar-refractivity contribution in [2.75, 3.05) is 13.1 Å². The van der Waals surface area contributed by atoms with Crippen LogP contribution in [0.2, 0.25) is 0 Å². The first-order valence-corrected chi connectivity index (χ1v) is 6.64. The first-order valence-electron chi connectivity index (χ1n) is 6.64. The molecule has 1 fully saturated rings. The molecule has 1 aromatic rings. The molecular formula is C13H20N4O3. The predicted molar refractivity (Wildman–Crippen MR) is 70.7 cm³/mol. The van der Waals surface area contributed by atoms with Crippen LogP contribution in [0.3, 0.4) is 0 Å². The van der Waals surface area contributed by atoms with Gasteiger partial charge in [0.15, 0.2) is 5.82 Å². The van der Waals surface area contributed by atoms with Crippen molar-refractivity contribution in [2.45, 2.75) is 40.2 Å². The predicted octanol–water partition coefficient (Wildman–Crippen LogP) is 0.294. The van der Waals surface area contributed by atoms with E-state index in [1.807, 2.05) is 20.8 Å². The van der Waals surface area contributed by atoms with Gasteiger partial charge in [-0.25, -0.2) is 0 Å². The average molecular weight is 280 g/mol. The maximum atomic E-state index is 12.4. The molecule has 7 nitrogen and oxygen atoms in total. The van der Waals surface area contributed by atoms with Gasteiger partial charge in [-0.1, -0.05) is 25.9 Å². The van der Waals surface area contributed by atoms with Crippen LogP contribution in [0.15, 0.2) is 4.52 Å². The third kappa shape index (κ3) is 3.15. The molecule has 2 heterocycles. The van der Waals surface area contributed by atoms with Gasteiger partial charge < -0.3 is 14.7 Å². The molecule has 1 aromatic heterocycles. The summed E-state index contributed by atoms with van der Waals surface area (Å²) in [6, 6.07) is -0.492. The van der Waals surface area contributed by atoms with Gasteiger partial charge in [0.25, 0.3) is 0 Å². The standard InChI is InChI=1S/C13H20N4O3/c1-8-14-10(20-16-8)5-6-17-7-9(18)15-11(12(17)19)13(2,3)4/h11H,5-7H2,1-4H3,(H,15,18). The summed E-state index contributed by atoms with van der Waals surface area (Å²) in [4.78, 5) is 29.8. The quantitative estimate of drug-likeness (QED) is 0.860. The zero-order valence-electron chi connectivity index (χ0n) is 12.3. The number of aromatic nitrogens is 2. The summed E-state index contributed by atoms with van der Waals surface area (Å²) in [5.41, 5.74) is -0.313. The summed E-state index contributed by atoms with van der Waals surface area (Å²) >= 11 is 0. The molecule has 0 spiro atoms. The Morgan fingerprint density at radius 1 is 1.40 bits per heavy atom. The van der Waals surface area contributed by atoms with Gasteiger partial charge in [-0.2, -0.15) is 4.98 Å². The van der Waals surface area contributed by atoms with Crippen LogP contribution in [0.5, 0.6) is 0 Å². The van der Waals surface area contributed by atoms with Crippen molar-refractivity contribution in [1.82, 2.24) is 20.4 Å². The Bertz CT molecular complexity index is 518. The molecule has 1 atom stereocenters. The lowest BCUT2D eigenvalue weighted by Gasteiger charge is -2.38. The number of nitrogens with zero attached hydrogens (tertiary/aromatic N) is 3. The number of rotatable bonds is 3. The van der Waals surface area contributed by atoms with Crippen LogP contribution in [-0.4, -0.2) is 46.0 Å². The van der Waals surface area contributed by atoms with Gasteiger partial charge in [0.2, 0.25) is 17.7 Å². The van der Waals surface area contributed by atoms with Gasteiger partial charge in [-0.05, 0) is 12.3 Å². The number of piperazine rings is 1. The van der Waals surface area contributed by atoms with Crippen LogP contribution in [0.25, 0.3) is 0 Å². The molecule has 110 valence electrons. The summed E-state index contributed by atoms with van der Waals surface area (Å²) < 4.78 is 5.01. The van der Waals surface area contributed by atoms with Gasteiger partial charge in [0, 0.05) is 13.0 Å². The number of carbonyl (C=O) groups excluding carboxylic acids is 2. The van der Waals surface area contributed by atoms with E-state index in [0.717, 1.165) is 0 Å². The molecule has 0 saturated carbocycles. The first kappa shape index (κ1) is 14.5. The summed E-state index contributed by atoms with van der Waals surface area (Å²) in [6.07, 6.45) is 0.455. The molecule has 0 radical (unpaired) electrons. The second-order valence-corrected chi connectivity index (χ2v) is 6.11. The molecule has 1 aliphatic rings. The fourth-order valence-electron chi connectivity index (χ4n) is 2.15. The number of hydrogen-bond donors (Lipinski definition) is 1. The summed E-state index contributed by atoms with van der Waals surface area (Å²) in [5.74, 6) is 0.850. The van der Waals surface area contributed by atoms with Crippen molar-refractivity contribution in [3.8, 4) is 0 Å². The van der Waals surface area contributed by atoms with Crippen LogP contribution in [0.1, 0.15) is 32.5 Å². The lowest BCUT2D eigenvalue weighted by molar-refractivity contribution is -0.147. The summed E-state index contributed by atoms with van der Waals surface area (Å²) in [7, 11) is 0. The lowest BCUT2D eigenvalue weighted by Crippen LogP contribution is -2.62. The van der Waals surface area contributed by atoms with Crippen molar-refractivity contribution >= 4 is 11.8 Å². The number of nitrogens with one attached hydrogen (secondary N) is 1. The van der Waals surface area contributed by atoms with Gasteiger partial charge in [0.1, 0.15) is 6.04 Å². The smallest absolute Gasteiger partial charge is 0.246 e. The van der Waals surface area contributed by atoms with E-state index in [-0.39, 0.29) is 23.8 Å². The average Bonchev–Trinajstić information content (AvgIpc) is 2.74. The minimum Gasteiger partial charge on any atom is -0.342 e. The minimum atomic E-state index is -0.492. The SMILES string of the molecule is Cc1noc(CCN2CC(=O)NC(C(C)(C)C)C2=O)n1. The zero-order valence-corrected chi connectivity index (χ0v) is 12.3. The Hall–Kier alpha value is -1.92. The Morgan fingerprint density at radius 3 is 2.65 bits per heavy atom. The largest absolute Gasteiger partial charge is 0.342 e. The molecule has 1 N–H and O–H groups in total. The van der Waals surface area contributed by atoms with E-state index in [4.69, 9.17) is 4.52 Å². The molecule has 1 aliphatic heterocycles.